The van der Waals surface area contributed by atoms with E-state index < -0.39 is 5.91 Å². The quantitative estimate of drug-likeness (QED) is 0.719. The molecule has 2 atom stereocenters. The summed E-state index contributed by atoms with van der Waals surface area (Å²) >= 11 is 0. The van der Waals surface area contributed by atoms with Crippen LogP contribution in [0.4, 0.5) is 0 Å². The van der Waals surface area contributed by atoms with E-state index in [-0.39, 0.29) is 28.6 Å². The van der Waals surface area contributed by atoms with Gasteiger partial charge in [-0.1, -0.05) is 32.0 Å². The fourth-order valence-corrected chi connectivity index (χ4v) is 5.00. The molecule has 1 aromatic carbocycles. The van der Waals surface area contributed by atoms with Gasteiger partial charge in [0.2, 0.25) is 0 Å². The zero-order chi connectivity index (χ0) is 20.3. The Morgan fingerprint density at radius 3 is 2.90 bits per heavy atom. The van der Waals surface area contributed by atoms with E-state index in [0.29, 0.717) is 11.6 Å². The molecule has 2 aliphatic carbocycles. The Morgan fingerprint density at radius 1 is 1.28 bits per heavy atom. The molecule has 3 aromatic rings. The summed E-state index contributed by atoms with van der Waals surface area (Å²) in [7, 11) is 0. The second-order valence-electron chi connectivity index (χ2n) is 8.68. The molecule has 2 heterocycles. The second-order valence-corrected chi connectivity index (χ2v) is 8.68. The first kappa shape index (κ1) is 17.8. The molecule has 2 unspecified atom stereocenters. The lowest BCUT2D eigenvalue weighted by Gasteiger charge is -2.35. The Labute approximate surface area is 168 Å². The van der Waals surface area contributed by atoms with Crippen LogP contribution >= 0.6 is 0 Å². The zero-order valence-electron chi connectivity index (χ0n) is 16.5. The third-order valence-corrected chi connectivity index (χ3v) is 6.50. The molecular formula is C22H23N5O2. The van der Waals surface area contributed by atoms with E-state index in [9.17, 15) is 9.59 Å². The number of primary amides is 1. The monoisotopic (exact) mass is 389 g/mol. The molecular weight excluding hydrogens is 366 g/mol. The van der Waals surface area contributed by atoms with E-state index >= 15 is 0 Å². The Bertz CT molecular complexity index is 1160. The number of hydrogen-bond acceptors (Lipinski definition) is 4. The van der Waals surface area contributed by atoms with E-state index in [1.165, 1.54) is 33.6 Å². The number of nitrogens with zero attached hydrogens (tertiary/aromatic N) is 3. The van der Waals surface area contributed by atoms with Crippen LogP contribution < -0.4 is 11.1 Å². The van der Waals surface area contributed by atoms with Gasteiger partial charge in [0, 0.05) is 6.20 Å². The highest BCUT2D eigenvalue weighted by molar-refractivity contribution is 6.00. The highest BCUT2D eigenvalue weighted by Gasteiger charge is 2.41. The molecule has 0 bridgehead atoms. The molecule has 2 aliphatic rings. The molecule has 3 N–H and O–H groups in total. The Kier molecular flexibility index (Phi) is 3.78. The van der Waals surface area contributed by atoms with Crippen molar-refractivity contribution in [1.82, 2.24) is 19.9 Å². The first-order valence-corrected chi connectivity index (χ1v) is 9.93. The van der Waals surface area contributed by atoms with Crippen molar-refractivity contribution in [1.29, 1.82) is 0 Å². The van der Waals surface area contributed by atoms with E-state index in [2.05, 4.69) is 47.4 Å². The van der Waals surface area contributed by atoms with Gasteiger partial charge < -0.3 is 11.1 Å². The molecule has 29 heavy (non-hydrogen) atoms. The third-order valence-electron chi connectivity index (χ3n) is 6.50. The summed E-state index contributed by atoms with van der Waals surface area (Å²) in [6.07, 6.45) is 6.05. The number of nitrogens with two attached hydrogens (primary N) is 1. The van der Waals surface area contributed by atoms with Crippen LogP contribution in [0, 0.1) is 0 Å². The van der Waals surface area contributed by atoms with Crippen molar-refractivity contribution in [2.24, 2.45) is 5.73 Å². The Balaban J connectivity index is 1.49. The van der Waals surface area contributed by atoms with Crippen molar-refractivity contribution in [2.45, 2.75) is 50.5 Å². The molecule has 5 rings (SSSR count). The number of rotatable bonds is 3. The van der Waals surface area contributed by atoms with Crippen LogP contribution in [0.15, 0.2) is 36.7 Å². The second kappa shape index (κ2) is 6.14. The van der Waals surface area contributed by atoms with Crippen molar-refractivity contribution in [3.05, 3.63) is 64.6 Å². The van der Waals surface area contributed by atoms with Crippen LogP contribution in [-0.4, -0.2) is 26.4 Å². The van der Waals surface area contributed by atoms with Crippen LogP contribution in [0.25, 0.3) is 5.65 Å². The summed E-state index contributed by atoms with van der Waals surface area (Å²) in [5.41, 5.74) is 10.4. The number of amides is 2. The summed E-state index contributed by atoms with van der Waals surface area (Å²) in [6.45, 7) is 4.60. The maximum absolute atomic E-state index is 13.1. The van der Waals surface area contributed by atoms with Gasteiger partial charge in [-0.25, -0.2) is 9.50 Å². The fourth-order valence-electron chi connectivity index (χ4n) is 5.00. The summed E-state index contributed by atoms with van der Waals surface area (Å²) in [6, 6.07) is 8.03. The molecule has 7 nitrogen and oxygen atoms in total. The van der Waals surface area contributed by atoms with Crippen LogP contribution in [-0.2, 0) is 5.41 Å². The minimum absolute atomic E-state index is 0.0364. The smallest absolute Gasteiger partial charge is 0.270 e. The molecule has 0 fully saturated rings. The topological polar surface area (TPSA) is 102 Å². The van der Waals surface area contributed by atoms with Crippen LogP contribution in [0.3, 0.4) is 0 Å². The van der Waals surface area contributed by atoms with Gasteiger partial charge in [0.05, 0.1) is 12.2 Å². The first-order chi connectivity index (χ1) is 13.9. The molecule has 0 radical (unpaired) electrons. The number of aromatic nitrogens is 3. The predicted octanol–water partition coefficient (Wildman–Crippen LogP) is 2.86. The molecule has 0 aliphatic heterocycles. The summed E-state index contributed by atoms with van der Waals surface area (Å²) in [5, 5.41) is 7.33. The molecule has 0 saturated carbocycles. The van der Waals surface area contributed by atoms with Gasteiger partial charge in [0.1, 0.15) is 11.3 Å². The van der Waals surface area contributed by atoms with E-state index in [0.717, 1.165) is 19.3 Å². The number of carbonyl (C=O) groups is 2. The third kappa shape index (κ3) is 2.64. The zero-order valence-corrected chi connectivity index (χ0v) is 16.5. The first-order valence-electron chi connectivity index (χ1n) is 9.93. The van der Waals surface area contributed by atoms with Gasteiger partial charge in [-0.05, 0) is 53.4 Å². The molecule has 148 valence electrons. The number of fused-ring (bicyclic) bond motifs is 1. The van der Waals surface area contributed by atoms with Gasteiger partial charge in [0.15, 0.2) is 5.65 Å². The molecule has 0 spiro atoms. The Hall–Kier alpha value is -3.22. The normalized spacial score (nSPS) is 21.7. The van der Waals surface area contributed by atoms with Gasteiger partial charge in [-0.15, -0.1) is 0 Å². The maximum atomic E-state index is 13.1. The lowest BCUT2D eigenvalue weighted by Crippen LogP contribution is -2.29. The molecule has 0 saturated heterocycles. The van der Waals surface area contributed by atoms with Crippen molar-refractivity contribution in [3.63, 3.8) is 0 Å². The average Bonchev–Trinajstić information content (AvgIpc) is 3.27. The highest BCUT2D eigenvalue weighted by atomic mass is 16.2. The van der Waals surface area contributed by atoms with Gasteiger partial charge in [0.25, 0.3) is 11.8 Å². The lowest BCUT2D eigenvalue weighted by molar-refractivity contribution is 0.0926. The van der Waals surface area contributed by atoms with Gasteiger partial charge >= 0.3 is 0 Å². The number of nitrogens with one attached hydrogen (secondary N) is 1. The predicted molar refractivity (Wildman–Crippen MR) is 108 cm³/mol. The van der Waals surface area contributed by atoms with Crippen molar-refractivity contribution in [3.8, 4) is 0 Å². The molecule has 7 heteroatoms. The van der Waals surface area contributed by atoms with Crippen molar-refractivity contribution < 1.29 is 9.59 Å². The average molecular weight is 389 g/mol. The summed E-state index contributed by atoms with van der Waals surface area (Å²) < 4.78 is 1.38. The van der Waals surface area contributed by atoms with Crippen molar-refractivity contribution in [2.75, 3.05) is 0 Å². The number of carbonyl (C=O) groups excluding carboxylic acids is 2. The fraction of sp³-hybridized carbons (Fsp3) is 0.364. The largest absolute Gasteiger partial charge is 0.365 e. The van der Waals surface area contributed by atoms with E-state index in [1.807, 2.05) is 0 Å². The van der Waals surface area contributed by atoms with Crippen molar-refractivity contribution >= 4 is 17.5 Å². The highest BCUT2D eigenvalue weighted by Crippen LogP contribution is 2.52. The van der Waals surface area contributed by atoms with Gasteiger partial charge in [-0.3, -0.25) is 9.59 Å². The number of hydrogen-bond donors (Lipinski definition) is 2. The van der Waals surface area contributed by atoms with Crippen LogP contribution in [0.5, 0.6) is 0 Å². The van der Waals surface area contributed by atoms with Gasteiger partial charge in [-0.2, -0.15) is 5.10 Å². The standard InChI is InChI=1S/C22H23N5O2/c1-22(2)8-6-12-10-16(13-4-3-5-15(22)18(12)13)26-21(29)17-7-9-24-20-14(19(23)28)11-25-27(17)20/h3-5,7,9,11-12,16H,6,8,10H2,1-2H3,(H2,23,28)(H,26,29). The SMILES string of the molecule is CC1(C)CCC2CC(NC(=O)c3ccnc4c(C(N)=O)cnn34)c3cccc1c32. The van der Waals surface area contributed by atoms with E-state index in [4.69, 9.17) is 5.73 Å². The minimum atomic E-state index is -0.619. The molecule has 2 aromatic heterocycles. The summed E-state index contributed by atoms with van der Waals surface area (Å²) in [4.78, 5) is 28.8. The maximum Gasteiger partial charge on any atom is 0.270 e. The number of benzene rings is 1. The lowest BCUT2D eigenvalue weighted by atomic mass is 9.69. The summed E-state index contributed by atoms with van der Waals surface area (Å²) in [5.74, 6) is -0.369. The minimum Gasteiger partial charge on any atom is -0.365 e. The van der Waals surface area contributed by atoms with Crippen LogP contribution in [0.2, 0.25) is 0 Å². The van der Waals surface area contributed by atoms with E-state index in [1.54, 1.807) is 6.07 Å². The molecule has 2 amide bonds. The Morgan fingerprint density at radius 2 is 2.10 bits per heavy atom. The van der Waals surface area contributed by atoms with Crippen LogP contribution in [0.1, 0.15) is 82.6 Å².